The van der Waals surface area contributed by atoms with E-state index in [0.717, 1.165) is 39.9 Å². The molecule has 0 bridgehead atoms. The number of carbonyl (C=O) groups excluding carboxylic acids is 1. The van der Waals surface area contributed by atoms with Crippen molar-refractivity contribution in [2.24, 2.45) is 0 Å². The van der Waals surface area contributed by atoms with E-state index in [-0.39, 0.29) is 12.3 Å². The van der Waals surface area contributed by atoms with Gasteiger partial charge in [0, 0.05) is 40.4 Å². The quantitative estimate of drug-likeness (QED) is 0.201. The summed E-state index contributed by atoms with van der Waals surface area (Å²) >= 11 is 3.48. The van der Waals surface area contributed by atoms with Crippen molar-refractivity contribution in [3.05, 3.63) is 107 Å². The summed E-state index contributed by atoms with van der Waals surface area (Å²) in [5, 5.41) is 17.7. The van der Waals surface area contributed by atoms with Crippen LogP contribution in [0.2, 0.25) is 0 Å². The number of aromatic nitrogens is 5. The first kappa shape index (κ1) is 26.2. The summed E-state index contributed by atoms with van der Waals surface area (Å²) in [6, 6.07) is 29.7. The van der Waals surface area contributed by atoms with Gasteiger partial charge in [-0.3, -0.25) is 4.79 Å². The van der Waals surface area contributed by atoms with Gasteiger partial charge in [0.15, 0.2) is 0 Å². The number of rotatable bonds is 10. The predicted octanol–water partition coefficient (Wildman–Crippen LogP) is 6.29. The molecule has 0 unspecified atom stereocenters. The summed E-state index contributed by atoms with van der Waals surface area (Å²) in [7, 11) is 0. The minimum absolute atomic E-state index is 0.104. The Balaban J connectivity index is 1.54. The Kier molecular flexibility index (Phi) is 8.38. The zero-order chi connectivity index (χ0) is 27.0. The van der Waals surface area contributed by atoms with Crippen molar-refractivity contribution in [3.8, 4) is 22.6 Å². The zero-order valence-electron chi connectivity index (χ0n) is 21.5. The van der Waals surface area contributed by atoms with E-state index in [1.165, 1.54) is 5.56 Å². The van der Waals surface area contributed by atoms with Gasteiger partial charge in [0.1, 0.15) is 5.82 Å². The Morgan fingerprint density at radius 2 is 1.69 bits per heavy atom. The molecule has 2 N–H and O–H groups in total. The number of pyridine rings is 1. The van der Waals surface area contributed by atoms with Crippen LogP contribution >= 0.6 is 15.9 Å². The third kappa shape index (κ3) is 6.74. The van der Waals surface area contributed by atoms with Crippen molar-refractivity contribution in [1.29, 1.82) is 0 Å². The molecule has 0 atom stereocenters. The molecule has 0 aliphatic heterocycles. The number of nitrogens with one attached hydrogen (secondary N) is 2. The van der Waals surface area contributed by atoms with Crippen LogP contribution in [0.15, 0.2) is 95.5 Å². The Labute approximate surface area is 235 Å². The second-order valence-electron chi connectivity index (χ2n) is 9.14. The summed E-state index contributed by atoms with van der Waals surface area (Å²) < 4.78 is 0.940. The fourth-order valence-corrected chi connectivity index (χ4v) is 4.90. The molecule has 9 heteroatoms. The largest absolute Gasteiger partial charge is 0.352 e. The van der Waals surface area contributed by atoms with E-state index < -0.39 is 0 Å². The first-order chi connectivity index (χ1) is 19.1. The zero-order valence-corrected chi connectivity index (χ0v) is 23.1. The lowest BCUT2D eigenvalue weighted by Crippen LogP contribution is -2.25. The molecule has 39 heavy (non-hydrogen) atoms. The maximum Gasteiger partial charge on any atom is 0.228 e. The molecular weight excluding hydrogens is 554 g/mol. The fourth-order valence-electron chi connectivity index (χ4n) is 4.45. The summed E-state index contributed by atoms with van der Waals surface area (Å²) in [5.74, 6) is 1.15. The molecule has 0 spiro atoms. The third-order valence-corrected chi connectivity index (χ3v) is 6.67. The number of tetrazole rings is 1. The number of aromatic amines is 1. The molecule has 0 saturated carbocycles. The van der Waals surface area contributed by atoms with Gasteiger partial charge in [0.2, 0.25) is 11.7 Å². The average Bonchev–Trinajstić information content (AvgIpc) is 3.48. The van der Waals surface area contributed by atoms with E-state index in [1.54, 1.807) is 0 Å². The Morgan fingerprint density at radius 3 is 2.44 bits per heavy atom. The van der Waals surface area contributed by atoms with Crippen molar-refractivity contribution >= 4 is 33.3 Å². The van der Waals surface area contributed by atoms with Crippen LogP contribution in [0.1, 0.15) is 24.5 Å². The van der Waals surface area contributed by atoms with Gasteiger partial charge < -0.3 is 10.2 Å². The molecule has 0 radical (unpaired) electrons. The molecule has 2 aromatic heterocycles. The van der Waals surface area contributed by atoms with Crippen LogP contribution in [0.5, 0.6) is 0 Å². The number of amides is 1. The molecule has 0 aliphatic carbocycles. The highest BCUT2D eigenvalue weighted by atomic mass is 79.9. The number of H-pyrrole nitrogens is 1. The minimum atomic E-state index is -0.104. The first-order valence-electron chi connectivity index (χ1n) is 12.8. The van der Waals surface area contributed by atoms with Crippen LogP contribution < -0.4 is 10.2 Å². The van der Waals surface area contributed by atoms with Crippen LogP contribution in [0.3, 0.4) is 0 Å². The predicted molar refractivity (Wildman–Crippen MR) is 157 cm³/mol. The van der Waals surface area contributed by atoms with Crippen molar-refractivity contribution in [2.75, 3.05) is 16.8 Å². The second-order valence-corrected chi connectivity index (χ2v) is 10.1. The highest BCUT2D eigenvalue weighted by Crippen LogP contribution is 2.32. The number of hydrogen-bond acceptors (Lipinski definition) is 6. The van der Waals surface area contributed by atoms with Gasteiger partial charge in [-0.1, -0.05) is 89.6 Å². The number of carbonyl (C=O) groups is 1. The molecule has 0 aliphatic rings. The summed E-state index contributed by atoms with van der Waals surface area (Å²) in [6.07, 6.45) is 1.21. The summed E-state index contributed by atoms with van der Waals surface area (Å²) in [6.45, 7) is 3.65. The Morgan fingerprint density at radius 1 is 0.923 bits per heavy atom. The highest BCUT2D eigenvalue weighted by molar-refractivity contribution is 9.10. The van der Waals surface area contributed by atoms with Crippen LogP contribution in [0.4, 0.5) is 11.5 Å². The molecule has 1 amide bonds. The van der Waals surface area contributed by atoms with E-state index in [2.05, 4.69) is 65.8 Å². The number of hydrogen-bond donors (Lipinski definition) is 2. The van der Waals surface area contributed by atoms with Crippen LogP contribution in [-0.2, 0) is 17.8 Å². The van der Waals surface area contributed by atoms with E-state index in [4.69, 9.17) is 4.98 Å². The van der Waals surface area contributed by atoms with Crippen molar-refractivity contribution < 1.29 is 4.79 Å². The average molecular weight is 583 g/mol. The molecule has 196 valence electrons. The molecule has 0 saturated heterocycles. The first-order valence-corrected chi connectivity index (χ1v) is 13.6. The number of anilines is 2. The van der Waals surface area contributed by atoms with Gasteiger partial charge in [-0.2, -0.15) is 5.21 Å². The summed E-state index contributed by atoms with van der Waals surface area (Å²) in [5.41, 5.74) is 5.14. The molecule has 8 nitrogen and oxygen atoms in total. The lowest BCUT2D eigenvalue weighted by molar-refractivity contribution is -0.115. The van der Waals surface area contributed by atoms with Gasteiger partial charge in [-0.05, 0) is 41.0 Å². The van der Waals surface area contributed by atoms with E-state index in [0.29, 0.717) is 23.8 Å². The lowest BCUT2D eigenvalue weighted by atomic mass is 10.0. The topological polar surface area (TPSA) is 99.7 Å². The van der Waals surface area contributed by atoms with Gasteiger partial charge >= 0.3 is 0 Å². The van der Waals surface area contributed by atoms with Gasteiger partial charge in [-0.25, -0.2) is 4.98 Å². The monoisotopic (exact) mass is 581 g/mol. The fraction of sp³-hybridized carbons (Fsp3) is 0.167. The van der Waals surface area contributed by atoms with Crippen molar-refractivity contribution in [1.82, 2.24) is 25.6 Å². The van der Waals surface area contributed by atoms with E-state index in [1.807, 2.05) is 78.9 Å². The molecule has 5 aromatic rings. The molecular formula is C30H28BrN7O. The van der Waals surface area contributed by atoms with E-state index in [9.17, 15) is 4.79 Å². The minimum Gasteiger partial charge on any atom is -0.352 e. The highest BCUT2D eigenvalue weighted by Gasteiger charge is 2.17. The second kappa shape index (κ2) is 12.4. The number of nitrogens with zero attached hydrogens (tertiary/aromatic N) is 5. The van der Waals surface area contributed by atoms with Crippen LogP contribution in [0, 0.1) is 0 Å². The van der Waals surface area contributed by atoms with Gasteiger partial charge in [0.05, 0.1) is 12.1 Å². The standard InChI is InChI=1S/C30H28BrN7O/c1-2-15-38(20-21-9-4-3-5-10-21)28-19-24(32-29(39)17-22-11-8-12-23(31)16-22)18-27(33-28)25-13-6-7-14-26(25)30-34-36-37-35-30/h3-14,16,18-19H,2,15,17,20H2,1H3,(H,32,33,39)(H,34,35,36,37). The van der Waals surface area contributed by atoms with Crippen molar-refractivity contribution in [2.45, 2.75) is 26.3 Å². The van der Waals surface area contributed by atoms with Gasteiger partial charge in [0.25, 0.3) is 0 Å². The Hall–Kier alpha value is -4.37. The number of benzene rings is 3. The number of halogens is 1. The summed E-state index contributed by atoms with van der Waals surface area (Å²) in [4.78, 5) is 20.4. The van der Waals surface area contributed by atoms with Crippen LogP contribution in [0.25, 0.3) is 22.6 Å². The third-order valence-electron chi connectivity index (χ3n) is 6.17. The maximum atomic E-state index is 13.1. The van der Waals surface area contributed by atoms with Crippen LogP contribution in [-0.4, -0.2) is 38.1 Å². The normalized spacial score (nSPS) is 10.8. The smallest absolute Gasteiger partial charge is 0.228 e. The Bertz CT molecular complexity index is 1540. The molecule has 0 fully saturated rings. The maximum absolute atomic E-state index is 13.1. The lowest BCUT2D eigenvalue weighted by Gasteiger charge is -2.25. The van der Waals surface area contributed by atoms with E-state index >= 15 is 0 Å². The molecule has 2 heterocycles. The SMILES string of the molecule is CCCN(Cc1ccccc1)c1cc(NC(=O)Cc2cccc(Br)c2)cc(-c2ccccc2-c2nn[nH]n2)n1. The molecule has 3 aromatic carbocycles. The van der Waals surface area contributed by atoms with Gasteiger partial charge in [-0.15, -0.1) is 10.2 Å². The molecule has 5 rings (SSSR count). The van der Waals surface area contributed by atoms with Crippen molar-refractivity contribution in [3.63, 3.8) is 0 Å².